The molecule has 2 atom stereocenters. The summed E-state index contributed by atoms with van der Waals surface area (Å²) in [4.78, 5) is 36.9. The van der Waals surface area contributed by atoms with Crippen LogP contribution in [0.4, 0.5) is 0 Å². The van der Waals surface area contributed by atoms with Crippen LogP contribution in [0, 0.1) is 17.8 Å². The van der Waals surface area contributed by atoms with E-state index in [1.54, 1.807) is 6.92 Å². The zero-order valence-electron chi connectivity index (χ0n) is 12.0. The molecule has 5 nitrogen and oxygen atoms in total. The monoisotopic (exact) mass is 279 g/mol. The van der Waals surface area contributed by atoms with Crippen molar-refractivity contribution >= 4 is 17.8 Å². The first-order chi connectivity index (χ1) is 9.58. The average Bonchev–Trinajstić information content (AvgIpc) is 2.94. The van der Waals surface area contributed by atoms with E-state index in [0.29, 0.717) is 12.5 Å². The summed E-state index contributed by atoms with van der Waals surface area (Å²) in [6, 6.07) is 0. The minimum Gasteiger partial charge on any atom is -0.463 e. The van der Waals surface area contributed by atoms with Gasteiger partial charge in [0, 0.05) is 12.6 Å². The number of likely N-dealkylation sites (tertiary alicyclic amines) is 1. The van der Waals surface area contributed by atoms with Crippen LogP contribution in [0.25, 0.3) is 0 Å². The van der Waals surface area contributed by atoms with Crippen molar-refractivity contribution in [2.24, 2.45) is 17.8 Å². The summed E-state index contributed by atoms with van der Waals surface area (Å²) in [6.07, 6.45) is 5.46. The third-order valence-corrected chi connectivity index (χ3v) is 4.23. The van der Waals surface area contributed by atoms with Crippen LogP contribution in [0.15, 0.2) is 12.2 Å². The Bertz CT molecular complexity index is 419. The predicted molar refractivity (Wildman–Crippen MR) is 72.5 cm³/mol. The minimum absolute atomic E-state index is 0.0792. The molecule has 0 aromatic heterocycles. The fraction of sp³-hybridized carbons (Fsp3) is 0.667. The number of hydrogen-bond donors (Lipinski definition) is 0. The Morgan fingerprint density at radius 1 is 1.25 bits per heavy atom. The van der Waals surface area contributed by atoms with Gasteiger partial charge in [0.1, 0.15) is 0 Å². The van der Waals surface area contributed by atoms with Gasteiger partial charge in [-0.15, -0.1) is 0 Å². The Balaban J connectivity index is 1.94. The molecular formula is C15H21NO4. The van der Waals surface area contributed by atoms with Crippen molar-refractivity contribution in [1.29, 1.82) is 0 Å². The van der Waals surface area contributed by atoms with Crippen LogP contribution in [0.5, 0.6) is 0 Å². The van der Waals surface area contributed by atoms with Gasteiger partial charge in [0.15, 0.2) is 0 Å². The number of carbonyl (C=O) groups is 3. The van der Waals surface area contributed by atoms with Crippen LogP contribution in [0.1, 0.15) is 33.1 Å². The highest BCUT2D eigenvalue weighted by molar-refractivity contribution is 6.05. The van der Waals surface area contributed by atoms with E-state index in [-0.39, 0.29) is 30.2 Å². The van der Waals surface area contributed by atoms with Gasteiger partial charge in [0.05, 0.1) is 18.4 Å². The van der Waals surface area contributed by atoms with Crippen LogP contribution in [0.2, 0.25) is 0 Å². The number of hydrogen-bond acceptors (Lipinski definition) is 4. The second kappa shape index (κ2) is 6.20. The van der Waals surface area contributed by atoms with Gasteiger partial charge < -0.3 is 4.74 Å². The van der Waals surface area contributed by atoms with Crippen molar-refractivity contribution in [1.82, 2.24) is 4.90 Å². The number of ether oxygens (including phenoxy) is 1. The molecule has 2 unspecified atom stereocenters. The number of imide groups is 1. The van der Waals surface area contributed by atoms with Crippen molar-refractivity contribution in [2.45, 2.75) is 33.1 Å². The molecule has 2 aliphatic rings. The molecule has 1 aliphatic heterocycles. The lowest BCUT2D eigenvalue weighted by molar-refractivity contribution is -0.140. The van der Waals surface area contributed by atoms with E-state index in [4.69, 9.17) is 4.74 Å². The molecule has 2 fully saturated rings. The first-order valence-electron chi connectivity index (χ1n) is 7.27. The van der Waals surface area contributed by atoms with Gasteiger partial charge in [0.25, 0.3) is 0 Å². The molecule has 2 rings (SSSR count). The molecule has 0 spiro atoms. The lowest BCUT2D eigenvalue weighted by Gasteiger charge is -2.15. The lowest BCUT2D eigenvalue weighted by Crippen LogP contribution is -2.32. The van der Waals surface area contributed by atoms with Gasteiger partial charge in [-0.1, -0.05) is 19.4 Å². The van der Waals surface area contributed by atoms with E-state index in [2.05, 4.69) is 6.92 Å². The van der Waals surface area contributed by atoms with Crippen LogP contribution >= 0.6 is 0 Å². The first kappa shape index (κ1) is 14.8. The minimum atomic E-state index is -0.446. The maximum absolute atomic E-state index is 12.2. The maximum atomic E-state index is 12.2. The molecule has 5 heteroatoms. The molecule has 0 aromatic carbocycles. The first-order valence-corrected chi connectivity index (χ1v) is 7.27. The number of esters is 1. The van der Waals surface area contributed by atoms with Crippen molar-refractivity contribution < 1.29 is 19.1 Å². The molecule has 0 bridgehead atoms. The van der Waals surface area contributed by atoms with Gasteiger partial charge in [0.2, 0.25) is 11.8 Å². The summed E-state index contributed by atoms with van der Waals surface area (Å²) in [7, 11) is 0. The molecule has 110 valence electrons. The maximum Gasteiger partial charge on any atom is 0.330 e. The Morgan fingerprint density at radius 2 is 1.85 bits per heavy atom. The quantitative estimate of drug-likeness (QED) is 0.435. The van der Waals surface area contributed by atoms with E-state index in [9.17, 15) is 14.4 Å². The van der Waals surface area contributed by atoms with Crippen molar-refractivity contribution in [3.8, 4) is 0 Å². The summed E-state index contributed by atoms with van der Waals surface area (Å²) in [5.74, 6) is -0.381. The van der Waals surface area contributed by atoms with E-state index in [1.165, 1.54) is 17.1 Å². The summed E-state index contributed by atoms with van der Waals surface area (Å²) in [6.45, 7) is 4.30. The Labute approximate surface area is 119 Å². The molecule has 1 heterocycles. The normalized spacial score (nSPS) is 29.3. The van der Waals surface area contributed by atoms with E-state index in [0.717, 1.165) is 19.3 Å². The Morgan fingerprint density at radius 3 is 2.35 bits per heavy atom. The molecule has 0 N–H and O–H groups in total. The standard InChI is InChI=1S/C15H21NO4/c1-3-10-8-11-12(9-10)15(19)16(14(11)18)7-5-6-13(17)20-4-2/h5-6,10-12H,3-4,7-9H2,1-2H3/b6-5+. The van der Waals surface area contributed by atoms with E-state index in [1.807, 2.05) is 0 Å². The van der Waals surface area contributed by atoms with Crippen LogP contribution < -0.4 is 0 Å². The summed E-state index contributed by atoms with van der Waals surface area (Å²) < 4.78 is 4.75. The van der Waals surface area contributed by atoms with Crippen molar-refractivity contribution in [3.05, 3.63) is 12.2 Å². The molecular weight excluding hydrogens is 258 g/mol. The molecule has 0 aromatic rings. The van der Waals surface area contributed by atoms with E-state index < -0.39 is 5.97 Å². The average molecular weight is 279 g/mol. The second-order valence-electron chi connectivity index (χ2n) is 5.40. The van der Waals surface area contributed by atoms with Gasteiger partial charge in [-0.25, -0.2) is 4.79 Å². The largest absolute Gasteiger partial charge is 0.463 e. The molecule has 20 heavy (non-hydrogen) atoms. The SMILES string of the molecule is CCOC(=O)/C=C/CN1C(=O)C2CC(CC)CC2C1=O. The highest BCUT2D eigenvalue weighted by Gasteiger charge is 2.51. The number of nitrogens with zero attached hydrogens (tertiary/aromatic N) is 1. The smallest absolute Gasteiger partial charge is 0.330 e. The number of carbonyl (C=O) groups excluding carboxylic acids is 3. The van der Waals surface area contributed by atoms with Gasteiger partial charge in [-0.2, -0.15) is 0 Å². The summed E-state index contributed by atoms with van der Waals surface area (Å²) in [5, 5.41) is 0. The lowest BCUT2D eigenvalue weighted by atomic mass is 10.00. The molecule has 1 saturated heterocycles. The van der Waals surface area contributed by atoms with E-state index >= 15 is 0 Å². The molecule has 0 radical (unpaired) electrons. The third-order valence-electron chi connectivity index (χ3n) is 4.23. The van der Waals surface area contributed by atoms with Crippen LogP contribution in [-0.2, 0) is 19.1 Å². The topological polar surface area (TPSA) is 63.7 Å². The fourth-order valence-electron chi connectivity index (χ4n) is 3.16. The van der Waals surface area contributed by atoms with Crippen LogP contribution in [0.3, 0.4) is 0 Å². The van der Waals surface area contributed by atoms with Gasteiger partial charge in [-0.05, 0) is 25.7 Å². The summed E-state index contributed by atoms with van der Waals surface area (Å²) >= 11 is 0. The van der Waals surface area contributed by atoms with Crippen LogP contribution in [-0.4, -0.2) is 35.8 Å². The van der Waals surface area contributed by atoms with Crippen molar-refractivity contribution in [3.63, 3.8) is 0 Å². The Hall–Kier alpha value is -1.65. The number of amides is 2. The zero-order valence-corrected chi connectivity index (χ0v) is 12.0. The highest BCUT2D eigenvalue weighted by Crippen LogP contribution is 2.44. The Kier molecular flexibility index (Phi) is 4.57. The third kappa shape index (κ3) is 2.76. The summed E-state index contributed by atoms with van der Waals surface area (Å²) in [5.41, 5.74) is 0. The second-order valence-corrected chi connectivity index (χ2v) is 5.40. The number of rotatable bonds is 5. The van der Waals surface area contributed by atoms with Crippen molar-refractivity contribution in [2.75, 3.05) is 13.2 Å². The predicted octanol–water partition coefficient (Wildman–Crippen LogP) is 1.53. The molecule has 1 aliphatic carbocycles. The van der Waals surface area contributed by atoms with Gasteiger partial charge in [-0.3, -0.25) is 14.5 Å². The molecule has 1 saturated carbocycles. The number of fused-ring (bicyclic) bond motifs is 1. The zero-order chi connectivity index (χ0) is 14.7. The highest BCUT2D eigenvalue weighted by atomic mass is 16.5. The molecule has 2 amide bonds. The van der Waals surface area contributed by atoms with Gasteiger partial charge >= 0.3 is 5.97 Å². The fourth-order valence-corrected chi connectivity index (χ4v) is 3.16.